The van der Waals surface area contributed by atoms with Crippen molar-refractivity contribution in [2.24, 2.45) is 16.4 Å². The Bertz CT molecular complexity index is 1000. The maximum Gasteiger partial charge on any atom is 0.158 e. The highest BCUT2D eigenvalue weighted by Crippen LogP contribution is 2.45. The smallest absolute Gasteiger partial charge is 0.158 e. The molecule has 4 rings (SSSR count). The number of hydrogen-bond donors (Lipinski definition) is 1. The second-order valence-electron chi connectivity index (χ2n) is 8.47. The van der Waals surface area contributed by atoms with E-state index in [0.717, 1.165) is 29.1 Å². The molecule has 5 heteroatoms. The summed E-state index contributed by atoms with van der Waals surface area (Å²) in [5.74, 6) is 1.52. The predicted octanol–water partition coefficient (Wildman–Crippen LogP) is 5.99. The van der Waals surface area contributed by atoms with Crippen molar-refractivity contribution in [2.45, 2.75) is 53.4 Å². The molecule has 1 aromatic carbocycles. The van der Waals surface area contributed by atoms with E-state index in [1.807, 2.05) is 17.6 Å². The zero-order chi connectivity index (χ0) is 19.7. The van der Waals surface area contributed by atoms with Crippen LogP contribution in [0.1, 0.15) is 55.2 Å². The minimum Gasteiger partial charge on any atom is -0.261 e. The minimum atomic E-state index is 0.360. The second-order valence-corrected chi connectivity index (χ2v) is 9.55. The van der Waals surface area contributed by atoms with Gasteiger partial charge in [-0.1, -0.05) is 57.0 Å². The number of hydrazone groups is 1. The second kappa shape index (κ2) is 7.63. The van der Waals surface area contributed by atoms with Gasteiger partial charge in [-0.25, -0.2) is 9.97 Å². The van der Waals surface area contributed by atoms with E-state index in [1.165, 1.54) is 34.2 Å². The average molecular weight is 393 g/mol. The highest BCUT2D eigenvalue weighted by atomic mass is 32.1. The van der Waals surface area contributed by atoms with Crippen molar-refractivity contribution >= 4 is 33.6 Å². The summed E-state index contributed by atoms with van der Waals surface area (Å²) in [7, 11) is 0. The van der Waals surface area contributed by atoms with Crippen molar-refractivity contribution < 1.29 is 0 Å². The molecule has 1 aliphatic carbocycles. The molecule has 0 bridgehead atoms. The molecule has 0 saturated heterocycles. The number of benzene rings is 1. The number of aryl methyl sites for hydroxylation is 2. The lowest BCUT2D eigenvalue weighted by molar-refractivity contribution is 0.184. The summed E-state index contributed by atoms with van der Waals surface area (Å²) in [5.41, 5.74) is 7.29. The van der Waals surface area contributed by atoms with Gasteiger partial charge in [-0.3, -0.25) is 5.43 Å². The molecule has 2 heterocycles. The Balaban J connectivity index is 1.63. The van der Waals surface area contributed by atoms with Gasteiger partial charge in [0.1, 0.15) is 11.2 Å². The molecule has 0 amide bonds. The largest absolute Gasteiger partial charge is 0.261 e. The Hall–Kier alpha value is -2.27. The quantitative estimate of drug-likeness (QED) is 0.429. The van der Waals surface area contributed by atoms with Crippen LogP contribution in [0.2, 0.25) is 0 Å². The van der Waals surface area contributed by atoms with Gasteiger partial charge in [0.05, 0.1) is 11.6 Å². The Morgan fingerprint density at radius 3 is 2.79 bits per heavy atom. The van der Waals surface area contributed by atoms with Gasteiger partial charge in [0.25, 0.3) is 0 Å². The molecular weight excluding hydrogens is 364 g/mol. The molecule has 1 unspecified atom stereocenters. The molecule has 1 N–H and O–H groups in total. The molecule has 3 aromatic rings. The molecule has 2 aromatic heterocycles. The van der Waals surface area contributed by atoms with E-state index in [4.69, 9.17) is 0 Å². The van der Waals surface area contributed by atoms with E-state index in [-0.39, 0.29) is 0 Å². The number of hydrogen-bond acceptors (Lipinski definition) is 5. The first kappa shape index (κ1) is 19.1. The van der Waals surface area contributed by atoms with Gasteiger partial charge in [0, 0.05) is 4.88 Å². The fourth-order valence-electron chi connectivity index (χ4n) is 3.97. The van der Waals surface area contributed by atoms with Gasteiger partial charge < -0.3 is 0 Å². The summed E-state index contributed by atoms with van der Waals surface area (Å²) in [6.07, 6.45) is 8.22. The lowest BCUT2D eigenvalue weighted by Crippen LogP contribution is -2.28. The Kier molecular flexibility index (Phi) is 5.19. The highest BCUT2D eigenvalue weighted by Gasteiger charge is 2.33. The number of aromatic nitrogens is 2. The molecule has 1 atom stereocenters. The Labute approximate surface area is 171 Å². The van der Waals surface area contributed by atoms with E-state index in [2.05, 4.69) is 72.5 Å². The summed E-state index contributed by atoms with van der Waals surface area (Å²) in [4.78, 5) is 11.6. The van der Waals surface area contributed by atoms with Crippen LogP contribution in [-0.2, 0) is 12.8 Å². The number of rotatable bonds is 5. The van der Waals surface area contributed by atoms with Crippen molar-refractivity contribution in [1.82, 2.24) is 9.97 Å². The van der Waals surface area contributed by atoms with Crippen LogP contribution >= 0.6 is 11.3 Å². The molecule has 0 aliphatic heterocycles. The normalized spacial score (nSPS) is 17.2. The molecule has 4 nitrogen and oxygen atoms in total. The van der Waals surface area contributed by atoms with Gasteiger partial charge in [-0.2, -0.15) is 5.10 Å². The zero-order valence-electron chi connectivity index (χ0n) is 17.1. The predicted molar refractivity (Wildman–Crippen MR) is 119 cm³/mol. The summed E-state index contributed by atoms with van der Waals surface area (Å²) in [6.45, 7) is 9.19. The van der Waals surface area contributed by atoms with Crippen LogP contribution in [0.4, 0.5) is 5.82 Å². The molecule has 0 radical (unpaired) electrons. The van der Waals surface area contributed by atoms with Gasteiger partial charge in [0.15, 0.2) is 5.82 Å². The van der Waals surface area contributed by atoms with Gasteiger partial charge >= 0.3 is 0 Å². The van der Waals surface area contributed by atoms with Crippen molar-refractivity contribution in [1.29, 1.82) is 0 Å². The van der Waals surface area contributed by atoms with Crippen molar-refractivity contribution in [2.75, 3.05) is 5.43 Å². The van der Waals surface area contributed by atoms with Crippen LogP contribution in [0.3, 0.4) is 0 Å². The maximum atomic E-state index is 4.55. The van der Waals surface area contributed by atoms with Crippen LogP contribution in [0.5, 0.6) is 0 Å². The number of nitrogens with zero attached hydrogens (tertiary/aromatic N) is 3. The number of nitrogens with one attached hydrogen (secondary N) is 1. The molecule has 0 saturated carbocycles. The summed E-state index contributed by atoms with van der Waals surface area (Å²) in [5, 5.41) is 5.61. The molecule has 146 valence electrons. The number of fused-ring (bicyclic) bond motifs is 3. The number of anilines is 1. The summed E-state index contributed by atoms with van der Waals surface area (Å²) >= 11 is 1.82. The summed E-state index contributed by atoms with van der Waals surface area (Å²) in [6, 6.07) is 8.32. The topological polar surface area (TPSA) is 50.2 Å². The highest BCUT2D eigenvalue weighted by molar-refractivity contribution is 7.19. The van der Waals surface area contributed by atoms with E-state index >= 15 is 0 Å². The average Bonchev–Trinajstić information content (AvgIpc) is 3.08. The van der Waals surface area contributed by atoms with Gasteiger partial charge in [-0.05, 0) is 48.6 Å². The van der Waals surface area contributed by atoms with Crippen LogP contribution < -0.4 is 5.43 Å². The molecule has 28 heavy (non-hydrogen) atoms. The lowest BCUT2D eigenvalue weighted by atomic mass is 9.69. The monoisotopic (exact) mass is 392 g/mol. The molecular formula is C23H28N4S. The van der Waals surface area contributed by atoms with Crippen molar-refractivity contribution in [3.63, 3.8) is 0 Å². The van der Waals surface area contributed by atoms with E-state index in [0.29, 0.717) is 11.3 Å². The first-order valence-electron chi connectivity index (χ1n) is 10.1. The third-order valence-electron chi connectivity index (χ3n) is 6.32. The van der Waals surface area contributed by atoms with Crippen LogP contribution in [0.25, 0.3) is 10.2 Å². The first-order valence-corrected chi connectivity index (χ1v) is 10.9. The fourth-order valence-corrected chi connectivity index (χ4v) is 5.15. The van der Waals surface area contributed by atoms with E-state index in [9.17, 15) is 0 Å². The Morgan fingerprint density at radius 2 is 2.04 bits per heavy atom. The van der Waals surface area contributed by atoms with E-state index < -0.39 is 0 Å². The third kappa shape index (κ3) is 3.68. The standard InChI is InChI=1S/C23H28N4S/c1-5-23(3,4)17-10-11-19-18(12-17)20-21(24-14-25-22(20)28-19)27-26-13-16-8-6-15(2)7-9-16/h6-9,13-14,17H,5,10-12H2,1-4H3,(H,24,25,27)/b26-13+. The molecule has 1 aliphatic rings. The van der Waals surface area contributed by atoms with Crippen LogP contribution in [-0.4, -0.2) is 16.2 Å². The number of thiophene rings is 1. The van der Waals surface area contributed by atoms with Crippen LogP contribution in [0.15, 0.2) is 35.7 Å². The molecule has 0 fully saturated rings. The zero-order valence-corrected chi connectivity index (χ0v) is 17.9. The minimum absolute atomic E-state index is 0.360. The van der Waals surface area contributed by atoms with Crippen molar-refractivity contribution in [3.8, 4) is 0 Å². The maximum absolute atomic E-state index is 4.55. The SMILES string of the molecule is CCC(C)(C)C1CCc2sc3ncnc(N/N=C/c4ccc(C)cc4)c3c2C1. The fraction of sp³-hybridized carbons (Fsp3) is 0.435. The Morgan fingerprint density at radius 1 is 1.25 bits per heavy atom. The first-order chi connectivity index (χ1) is 13.5. The third-order valence-corrected chi connectivity index (χ3v) is 7.52. The molecule has 0 spiro atoms. The summed E-state index contributed by atoms with van der Waals surface area (Å²) < 4.78 is 0. The van der Waals surface area contributed by atoms with Crippen LogP contribution in [0, 0.1) is 18.3 Å². The van der Waals surface area contributed by atoms with Crippen molar-refractivity contribution in [3.05, 3.63) is 52.2 Å². The van der Waals surface area contributed by atoms with Gasteiger partial charge in [-0.15, -0.1) is 11.3 Å². The van der Waals surface area contributed by atoms with Gasteiger partial charge in [0.2, 0.25) is 0 Å². The van der Waals surface area contributed by atoms with E-state index in [1.54, 1.807) is 6.33 Å². The lowest BCUT2D eigenvalue weighted by Gasteiger charge is -2.36.